The molecule has 0 aromatic heterocycles. The number of rotatable bonds is 5. The Hall–Kier alpha value is -0.860. The third kappa shape index (κ3) is 3.95. The van der Waals surface area contributed by atoms with Gasteiger partial charge in [0.05, 0.1) is 0 Å². The standard InChI is InChI=1S/C14H23NO/c1-11-5-7-13(8-6-11)12(2)15-9-14(3,4)10-16/h5-8,12,15-16H,9-10H2,1-4H3/t12-/m0/s1. The van der Waals surface area contributed by atoms with Crippen LogP contribution in [0, 0.1) is 12.3 Å². The number of benzene rings is 1. The summed E-state index contributed by atoms with van der Waals surface area (Å²) in [5.74, 6) is 0. The van der Waals surface area contributed by atoms with Crippen molar-refractivity contribution < 1.29 is 5.11 Å². The average molecular weight is 221 g/mol. The number of aryl methyl sites for hydroxylation is 1. The molecule has 0 saturated carbocycles. The average Bonchev–Trinajstić information content (AvgIpc) is 2.27. The van der Waals surface area contributed by atoms with E-state index >= 15 is 0 Å². The highest BCUT2D eigenvalue weighted by molar-refractivity contribution is 5.23. The first kappa shape index (κ1) is 13.2. The molecule has 2 heteroatoms. The number of aliphatic hydroxyl groups excluding tert-OH is 1. The summed E-state index contributed by atoms with van der Waals surface area (Å²) in [6.45, 7) is 9.39. The van der Waals surface area contributed by atoms with Crippen LogP contribution in [0.5, 0.6) is 0 Å². The molecule has 1 rings (SSSR count). The Bertz CT molecular complexity index is 316. The zero-order valence-electron chi connectivity index (χ0n) is 10.7. The van der Waals surface area contributed by atoms with E-state index in [-0.39, 0.29) is 12.0 Å². The Morgan fingerprint density at radius 1 is 1.25 bits per heavy atom. The molecule has 0 bridgehead atoms. The third-order valence-electron chi connectivity index (χ3n) is 2.89. The van der Waals surface area contributed by atoms with Crippen molar-refractivity contribution in [1.82, 2.24) is 5.32 Å². The molecular weight excluding hydrogens is 198 g/mol. The predicted molar refractivity (Wildman–Crippen MR) is 68.5 cm³/mol. The summed E-state index contributed by atoms with van der Waals surface area (Å²) in [6, 6.07) is 8.89. The van der Waals surface area contributed by atoms with Crippen molar-refractivity contribution in [3.63, 3.8) is 0 Å². The summed E-state index contributed by atoms with van der Waals surface area (Å²) >= 11 is 0. The molecule has 2 nitrogen and oxygen atoms in total. The second-order valence-electron chi connectivity index (χ2n) is 5.34. The minimum atomic E-state index is -0.0566. The quantitative estimate of drug-likeness (QED) is 0.801. The van der Waals surface area contributed by atoms with Crippen molar-refractivity contribution in [3.8, 4) is 0 Å². The molecule has 0 radical (unpaired) electrons. The molecule has 2 N–H and O–H groups in total. The van der Waals surface area contributed by atoms with Crippen LogP contribution in [-0.4, -0.2) is 18.3 Å². The SMILES string of the molecule is Cc1ccc([C@H](C)NCC(C)(C)CO)cc1. The molecule has 0 unspecified atom stereocenters. The summed E-state index contributed by atoms with van der Waals surface area (Å²) in [4.78, 5) is 0. The fraction of sp³-hybridized carbons (Fsp3) is 0.571. The Balaban J connectivity index is 2.53. The van der Waals surface area contributed by atoms with Crippen LogP contribution in [0.2, 0.25) is 0 Å². The van der Waals surface area contributed by atoms with Crippen molar-refractivity contribution in [1.29, 1.82) is 0 Å². The highest BCUT2D eigenvalue weighted by Crippen LogP contribution is 2.17. The van der Waals surface area contributed by atoms with Gasteiger partial charge in [-0.2, -0.15) is 0 Å². The van der Waals surface area contributed by atoms with E-state index in [0.717, 1.165) is 6.54 Å². The molecule has 90 valence electrons. The fourth-order valence-electron chi connectivity index (χ4n) is 1.46. The van der Waals surface area contributed by atoms with Crippen LogP contribution in [0.25, 0.3) is 0 Å². The molecular formula is C14H23NO. The Morgan fingerprint density at radius 3 is 2.31 bits per heavy atom. The molecule has 0 fully saturated rings. The van der Waals surface area contributed by atoms with Crippen molar-refractivity contribution in [3.05, 3.63) is 35.4 Å². The predicted octanol–water partition coefficient (Wildman–Crippen LogP) is 2.66. The van der Waals surface area contributed by atoms with Gasteiger partial charge in [0.1, 0.15) is 0 Å². The largest absolute Gasteiger partial charge is 0.396 e. The molecule has 0 heterocycles. The van der Waals surface area contributed by atoms with Gasteiger partial charge in [-0.15, -0.1) is 0 Å². The minimum absolute atomic E-state index is 0.0566. The molecule has 0 aliphatic carbocycles. The van der Waals surface area contributed by atoms with Gasteiger partial charge >= 0.3 is 0 Å². The molecule has 0 amide bonds. The maximum absolute atomic E-state index is 9.17. The topological polar surface area (TPSA) is 32.3 Å². The van der Waals surface area contributed by atoms with E-state index < -0.39 is 0 Å². The Morgan fingerprint density at radius 2 is 1.81 bits per heavy atom. The van der Waals surface area contributed by atoms with Gasteiger partial charge in [0.2, 0.25) is 0 Å². The molecule has 16 heavy (non-hydrogen) atoms. The summed E-state index contributed by atoms with van der Waals surface area (Å²) in [7, 11) is 0. The van der Waals surface area contributed by atoms with Gasteiger partial charge in [-0.05, 0) is 19.4 Å². The van der Waals surface area contributed by atoms with Gasteiger partial charge in [0, 0.05) is 24.6 Å². The molecule has 0 aliphatic heterocycles. The lowest BCUT2D eigenvalue weighted by molar-refractivity contribution is 0.154. The van der Waals surface area contributed by atoms with E-state index in [1.54, 1.807) is 0 Å². The maximum Gasteiger partial charge on any atom is 0.0494 e. The molecule has 0 aliphatic rings. The van der Waals surface area contributed by atoms with E-state index in [1.807, 2.05) is 0 Å². The van der Waals surface area contributed by atoms with Crippen LogP contribution in [0.3, 0.4) is 0 Å². The normalized spacial score (nSPS) is 13.8. The Kier molecular flexibility index (Phi) is 4.51. The number of nitrogens with one attached hydrogen (secondary N) is 1. The molecule has 0 spiro atoms. The first-order chi connectivity index (χ1) is 7.44. The molecule has 0 saturated heterocycles. The van der Waals surface area contributed by atoms with Crippen LogP contribution < -0.4 is 5.32 Å². The van der Waals surface area contributed by atoms with Crippen molar-refractivity contribution in [2.45, 2.75) is 33.7 Å². The lowest BCUT2D eigenvalue weighted by Gasteiger charge is -2.25. The highest BCUT2D eigenvalue weighted by atomic mass is 16.3. The monoisotopic (exact) mass is 221 g/mol. The van der Waals surface area contributed by atoms with Crippen molar-refractivity contribution in [2.75, 3.05) is 13.2 Å². The van der Waals surface area contributed by atoms with Crippen LogP contribution in [0.4, 0.5) is 0 Å². The molecule has 1 aromatic rings. The second kappa shape index (κ2) is 5.46. The second-order valence-corrected chi connectivity index (χ2v) is 5.34. The van der Waals surface area contributed by atoms with Crippen molar-refractivity contribution >= 4 is 0 Å². The highest BCUT2D eigenvalue weighted by Gasteiger charge is 2.17. The van der Waals surface area contributed by atoms with E-state index in [2.05, 4.69) is 57.3 Å². The summed E-state index contributed by atoms with van der Waals surface area (Å²) in [6.07, 6.45) is 0. The number of hydrogen-bond donors (Lipinski definition) is 2. The summed E-state index contributed by atoms with van der Waals surface area (Å²) in [5.41, 5.74) is 2.52. The van der Waals surface area contributed by atoms with E-state index in [4.69, 9.17) is 0 Å². The van der Waals surface area contributed by atoms with Crippen molar-refractivity contribution in [2.24, 2.45) is 5.41 Å². The lowest BCUT2D eigenvalue weighted by atomic mass is 9.94. The van der Waals surface area contributed by atoms with Crippen LogP contribution in [0.15, 0.2) is 24.3 Å². The molecule has 1 aromatic carbocycles. The summed E-state index contributed by atoms with van der Waals surface area (Å²) < 4.78 is 0. The van der Waals surface area contributed by atoms with Gasteiger partial charge in [-0.1, -0.05) is 43.7 Å². The third-order valence-corrected chi connectivity index (χ3v) is 2.89. The first-order valence-electron chi connectivity index (χ1n) is 5.85. The smallest absolute Gasteiger partial charge is 0.0494 e. The van der Waals surface area contributed by atoms with Crippen LogP contribution in [-0.2, 0) is 0 Å². The minimum Gasteiger partial charge on any atom is -0.396 e. The van der Waals surface area contributed by atoms with E-state index in [0.29, 0.717) is 6.04 Å². The van der Waals surface area contributed by atoms with Gasteiger partial charge in [0.15, 0.2) is 0 Å². The first-order valence-corrected chi connectivity index (χ1v) is 5.85. The maximum atomic E-state index is 9.17. The van der Waals surface area contributed by atoms with Gasteiger partial charge < -0.3 is 10.4 Å². The number of hydrogen-bond acceptors (Lipinski definition) is 2. The number of aliphatic hydroxyl groups is 1. The van der Waals surface area contributed by atoms with Gasteiger partial charge in [-0.3, -0.25) is 0 Å². The van der Waals surface area contributed by atoms with Crippen LogP contribution >= 0.6 is 0 Å². The zero-order valence-corrected chi connectivity index (χ0v) is 10.7. The van der Waals surface area contributed by atoms with E-state index in [1.165, 1.54) is 11.1 Å². The lowest BCUT2D eigenvalue weighted by Crippen LogP contribution is -2.33. The Labute approximate surface area is 98.7 Å². The molecule has 1 atom stereocenters. The van der Waals surface area contributed by atoms with Gasteiger partial charge in [-0.25, -0.2) is 0 Å². The summed E-state index contributed by atoms with van der Waals surface area (Å²) in [5, 5.41) is 12.6. The van der Waals surface area contributed by atoms with Gasteiger partial charge in [0.25, 0.3) is 0 Å². The zero-order chi connectivity index (χ0) is 12.2. The van der Waals surface area contributed by atoms with E-state index in [9.17, 15) is 5.11 Å². The van der Waals surface area contributed by atoms with Crippen LogP contribution in [0.1, 0.15) is 37.9 Å². The fourth-order valence-corrected chi connectivity index (χ4v) is 1.46.